The van der Waals surface area contributed by atoms with Gasteiger partial charge in [0.2, 0.25) is 0 Å². The second-order valence-corrected chi connectivity index (χ2v) is 4.03. The predicted octanol–water partition coefficient (Wildman–Crippen LogP) is 2.28. The molecule has 1 aromatic rings. The Balaban J connectivity index is 2.45. The monoisotopic (exact) mass is 223 g/mol. The van der Waals surface area contributed by atoms with Crippen LogP contribution in [0.5, 0.6) is 0 Å². The van der Waals surface area contributed by atoms with Crippen molar-refractivity contribution in [1.82, 2.24) is 5.48 Å². The summed E-state index contributed by atoms with van der Waals surface area (Å²) in [5.74, 6) is 0. The summed E-state index contributed by atoms with van der Waals surface area (Å²) in [5.41, 5.74) is 8.17. The average Bonchev–Trinajstić information content (AvgIpc) is 2.25. The number of hydrogen-bond acceptors (Lipinski definition) is 3. The van der Waals surface area contributed by atoms with Crippen LogP contribution in [0.2, 0.25) is 0 Å². The van der Waals surface area contributed by atoms with Gasteiger partial charge in [0, 0.05) is 13.7 Å². The van der Waals surface area contributed by atoms with E-state index in [4.69, 9.17) is 9.57 Å². The standard InChI is InChI=1S/C13H21NO2/c1-10-7-12(3)13(8-11(10)2)9-14-16-6-5-15-4/h7-8,14H,5-6,9H2,1-4H3. The minimum Gasteiger partial charge on any atom is -0.382 e. The van der Waals surface area contributed by atoms with E-state index in [-0.39, 0.29) is 0 Å². The summed E-state index contributed by atoms with van der Waals surface area (Å²) in [7, 11) is 1.66. The van der Waals surface area contributed by atoms with Crippen molar-refractivity contribution in [2.24, 2.45) is 0 Å². The molecule has 0 atom stereocenters. The molecule has 3 nitrogen and oxygen atoms in total. The summed E-state index contributed by atoms with van der Waals surface area (Å²) in [6.45, 7) is 8.30. The van der Waals surface area contributed by atoms with Crippen molar-refractivity contribution in [1.29, 1.82) is 0 Å². The van der Waals surface area contributed by atoms with E-state index >= 15 is 0 Å². The predicted molar refractivity (Wildman–Crippen MR) is 65.3 cm³/mol. The van der Waals surface area contributed by atoms with E-state index in [1.165, 1.54) is 22.3 Å². The summed E-state index contributed by atoms with van der Waals surface area (Å²) in [6, 6.07) is 4.42. The highest BCUT2D eigenvalue weighted by molar-refractivity contribution is 5.36. The number of benzene rings is 1. The first-order chi connectivity index (χ1) is 7.65. The second kappa shape index (κ2) is 6.63. The minimum atomic E-state index is 0.570. The summed E-state index contributed by atoms with van der Waals surface area (Å²) >= 11 is 0. The lowest BCUT2D eigenvalue weighted by atomic mass is 10.0. The first-order valence-corrected chi connectivity index (χ1v) is 5.55. The molecular weight excluding hydrogens is 202 g/mol. The Morgan fingerprint density at radius 3 is 2.38 bits per heavy atom. The summed E-state index contributed by atoms with van der Waals surface area (Å²) in [5, 5.41) is 0. The van der Waals surface area contributed by atoms with E-state index in [1.54, 1.807) is 7.11 Å². The molecule has 0 aromatic heterocycles. The maximum atomic E-state index is 5.23. The van der Waals surface area contributed by atoms with Gasteiger partial charge in [0.05, 0.1) is 13.2 Å². The third kappa shape index (κ3) is 3.93. The molecule has 16 heavy (non-hydrogen) atoms. The van der Waals surface area contributed by atoms with Gasteiger partial charge in [0.15, 0.2) is 0 Å². The fourth-order valence-electron chi connectivity index (χ4n) is 1.54. The van der Waals surface area contributed by atoms with Crippen molar-refractivity contribution in [3.05, 3.63) is 34.4 Å². The normalized spacial score (nSPS) is 10.8. The topological polar surface area (TPSA) is 30.5 Å². The zero-order valence-electron chi connectivity index (χ0n) is 10.6. The van der Waals surface area contributed by atoms with E-state index in [1.807, 2.05) is 0 Å². The van der Waals surface area contributed by atoms with E-state index in [0.717, 1.165) is 6.54 Å². The second-order valence-electron chi connectivity index (χ2n) is 4.03. The molecule has 3 heteroatoms. The first-order valence-electron chi connectivity index (χ1n) is 5.55. The lowest BCUT2D eigenvalue weighted by molar-refractivity contribution is 0.00339. The smallest absolute Gasteiger partial charge is 0.0916 e. The zero-order chi connectivity index (χ0) is 12.0. The van der Waals surface area contributed by atoms with Crippen molar-refractivity contribution < 1.29 is 9.57 Å². The molecule has 0 fully saturated rings. The van der Waals surface area contributed by atoms with Crippen LogP contribution in [0.25, 0.3) is 0 Å². The third-order valence-electron chi connectivity index (χ3n) is 2.71. The molecule has 0 aliphatic heterocycles. The van der Waals surface area contributed by atoms with Gasteiger partial charge in [-0.2, -0.15) is 5.48 Å². The van der Waals surface area contributed by atoms with E-state index in [2.05, 4.69) is 38.4 Å². The minimum absolute atomic E-state index is 0.570. The van der Waals surface area contributed by atoms with Crippen LogP contribution < -0.4 is 5.48 Å². The van der Waals surface area contributed by atoms with Gasteiger partial charge in [-0.15, -0.1) is 0 Å². The Morgan fingerprint density at radius 2 is 1.69 bits per heavy atom. The molecule has 0 heterocycles. The largest absolute Gasteiger partial charge is 0.382 e. The van der Waals surface area contributed by atoms with Crippen LogP contribution in [0.1, 0.15) is 22.3 Å². The van der Waals surface area contributed by atoms with Crippen molar-refractivity contribution >= 4 is 0 Å². The Morgan fingerprint density at radius 1 is 1.00 bits per heavy atom. The third-order valence-corrected chi connectivity index (χ3v) is 2.71. The molecule has 0 radical (unpaired) electrons. The van der Waals surface area contributed by atoms with Crippen LogP contribution >= 0.6 is 0 Å². The number of nitrogens with one attached hydrogen (secondary N) is 1. The molecule has 0 spiro atoms. The van der Waals surface area contributed by atoms with Crippen LogP contribution in [0.4, 0.5) is 0 Å². The van der Waals surface area contributed by atoms with Crippen molar-refractivity contribution in [2.45, 2.75) is 27.3 Å². The lowest BCUT2D eigenvalue weighted by Crippen LogP contribution is -2.17. The Kier molecular flexibility index (Phi) is 5.46. The van der Waals surface area contributed by atoms with Crippen LogP contribution in [0.15, 0.2) is 12.1 Å². The number of hydrogen-bond donors (Lipinski definition) is 1. The highest BCUT2D eigenvalue weighted by Gasteiger charge is 2.01. The van der Waals surface area contributed by atoms with Crippen LogP contribution in [0.3, 0.4) is 0 Å². The fraction of sp³-hybridized carbons (Fsp3) is 0.538. The molecular formula is C13H21NO2. The molecule has 0 aliphatic carbocycles. The Hall–Kier alpha value is -0.900. The molecule has 1 rings (SSSR count). The number of hydroxylamine groups is 1. The Bertz CT molecular complexity index is 337. The van der Waals surface area contributed by atoms with E-state index < -0.39 is 0 Å². The molecule has 1 N–H and O–H groups in total. The Labute approximate surface area is 97.7 Å². The van der Waals surface area contributed by atoms with Gasteiger partial charge in [-0.25, -0.2) is 0 Å². The summed E-state index contributed by atoms with van der Waals surface area (Å²) < 4.78 is 4.89. The average molecular weight is 223 g/mol. The number of aryl methyl sites for hydroxylation is 3. The summed E-state index contributed by atoms with van der Waals surface area (Å²) in [4.78, 5) is 5.23. The summed E-state index contributed by atoms with van der Waals surface area (Å²) in [6.07, 6.45) is 0. The van der Waals surface area contributed by atoms with Gasteiger partial charge in [0.25, 0.3) is 0 Å². The first kappa shape index (κ1) is 13.2. The SMILES string of the molecule is COCCONCc1cc(C)c(C)cc1C. The highest BCUT2D eigenvalue weighted by Crippen LogP contribution is 2.14. The zero-order valence-corrected chi connectivity index (χ0v) is 10.6. The van der Waals surface area contributed by atoms with Gasteiger partial charge in [-0.3, -0.25) is 4.84 Å². The van der Waals surface area contributed by atoms with Gasteiger partial charge in [0.1, 0.15) is 0 Å². The van der Waals surface area contributed by atoms with Crippen LogP contribution in [-0.2, 0) is 16.1 Å². The maximum absolute atomic E-state index is 5.23. The molecule has 0 amide bonds. The van der Waals surface area contributed by atoms with Gasteiger partial charge in [-0.05, 0) is 43.0 Å². The van der Waals surface area contributed by atoms with Crippen molar-refractivity contribution in [2.75, 3.05) is 20.3 Å². The van der Waals surface area contributed by atoms with Crippen LogP contribution in [-0.4, -0.2) is 20.3 Å². The van der Waals surface area contributed by atoms with Gasteiger partial charge in [-0.1, -0.05) is 12.1 Å². The molecule has 0 bridgehead atoms. The van der Waals surface area contributed by atoms with Crippen molar-refractivity contribution in [3.8, 4) is 0 Å². The molecule has 0 saturated carbocycles. The molecule has 90 valence electrons. The number of ether oxygens (including phenoxy) is 1. The maximum Gasteiger partial charge on any atom is 0.0916 e. The molecule has 0 unspecified atom stereocenters. The van der Waals surface area contributed by atoms with Gasteiger partial charge >= 0.3 is 0 Å². The van der Waals surface area contributed by atoms with Crippen LogP contribution in [0, 0.1) is 20.8 Å². The van der Waals surface area contributed by atoms with Crippen molar-refractivity contribution in [3.63, 3.8) is 0 Å². The molecule has 0 saturated heterocycles. The number of methoxy groups -OCH3 is 1. The van der Waals surface area contributed by atoms with E-state index in [0.29, 0.717) is 13.2 Å². The van der Waals surface area contributed by atoms with E-state index in [9.17, 15) is 0 Å². The number of rotatable bonds is 6. The molecule has 1 aromatic carbocycles. The lowest BCUT2D eigenvalue weighted by Gasteiger charge is -2.11. The highest BCUT2D eigenvalue weighted by atomic mass is 16.7. The fourth-order valence-corrected chi connectivity index (χ4v) is 1.54. The molecule has 0 aliphatic rings. The quantitative estimate of drug-likeness (QED) is 0.593. The van der Waals surface area contributed by atoms with Gasteiger partial charge < -0.3 is 4.74 Å².